The van der Waals surface area contributed by atoms with E-state index in [1.54, 1.807) is 13.0 Å². The summed E-state index contributed by atoms with van der Waals surface area (Å²) in [6.45, 7) is 14.5. The van der Waals surface area contributed by atoms with Crippen LogP contribution in [0.25, 0.3) is 0 Å². The first-order valence-corrected chi connectivity index (χ1v) is 13.2. The SMILES string of the molecule is C/C(=C\CC/C(C)=C/CC[C@@H]1[C@](C)(O)CCC2C(C)(C)C(=O)CC[C@]21C)CC/C=C(\C)C(=O)O. The quantitative estimate of drug-likeness (QED) is 0.256. The molecule has 4 nitrogen and oxygen atoms in total. The van der Waals surface area contributed by atoms with Crippen LogP contribution in [-0.2, 0) is 9.59 Å². The Hall–Kier alpha value is -1.68. The number of carbonyl (C=O) groups is 2. The summed E-state index contributed by atoms with van der Waals surface area (Å²) in [5, 5.41) is 20.2. The molecular weight excluding hydrogens is 424 g/mol. The van der Waals surface area contributed by atoms with Crippen LogP contribution in [0.15, 0.2) is 34.9 Å². The van der Waals surface area contributed by atoms with Crippen molar-refractivity contribution in [3.63, 3.8) is 0 Å². The van der Waals surface area contributed by atoms with Crippen LogP contribution in [0.3, 0.4) is 0 Å². The summed E-state index contributed by atoms with van der Waals surface area (Å²) >= 11 is 0. The number of hydrogen-bond donors (Lipinski definition) is 2. The van der Waals surface area contributed by atoms with Crippen molar-refractivity contribution in [3.05, 3.63) is 34.9 Å². The second kappa shape index (κ2) is 11.4. The maximum absolute atomic E-state index is 12.6. The van der Waals surface area contributed by atoms with Gasteiger partial charge in [-0.1, -0.05) is 50.1 Å². The average Bonchev–Trinajstić information content (AvgIpc) is 2.72. The van der Waals surface area contributed by atoms with Gasteiger partial charge in [-0.2, -0.15) is 0 Å². The summed E-state index contributed by atoms with van der Waals surface area (Å²) in [5.74, 6) is 0.100. The van der Waals surface area contributed by atoms with E-state index in [1.807, 2.05) is 6.92 Å². The van der Waals surface area contributed by atoms with E-state index in [2.05, 4.69) is 46.8 Å². The maximum atomic E-state index is 12.6. The number of ketones is 1. The molecule has 192 valence electrons. The van der Waals surface area contributed by atoms with E-state index in [9.17, 15) is 14.7 Å². The Morgan fingerprint density at radius 2 is 1.50 bits per heavy atom. The first kappa shape index (κ1) is 28.6. The number of carboxylic acid groups (broad SMARTS) is 1. The minimum atomic E-state index is -0.845. The van der Waals surface area contributed by atoms with Gasteiger partial charge >= 0.3 is 5.97 Å². The van der Waals surface area contributed by atoms with Crippen LogP contribution in [-0.4, -0.2) is 27.6 Å². The smallest absolute Gasteiger partial charge is 0.330 e. The zero-order chi connectivity index (χ0) is 25.7. The molecule has 0 saturated heterocycles. The minimum absolute atomic E-state index is 0.00813. The van der Waals surface area contributed by atoms with Crippen LogP contribution in [0, 0.1) is 22.7 Å². The fraction of sp³-hybridized carbons (Fsp3) is 0.733. The number of carboxylic acids is 1. The predicted molar refractivity (Wildman–Crippen MR) is 140 cm³/mol. The highest BCUT2D eigenvalue weighted by molar-refractivity contribution is 5.86. The highest BCUT2D eigenvalue weighted by Gasteiger charge is 2.59. The van der Waals surface area contributed by atoms with Crippen LogP contribution < -0.4 is 0 Å². The number of allylic oxidation sites excluding steroid dienone is 5. The molecule has 0 aromatic carbocycles. The van der Waals surface area contributed by atoms with Crippen molar-refractivity contribution in [1.82, 2.24) is 0 Å². The third-order valence-electron chi connectivity index (χ3n) is 9.07. The molecule has 2 saturated carbocycles. The van der Waals surface area contributed by atoms with Gasteiger partial charge < -0.3 is 10.2 Å². The van der Waals surface area contributed by atoms with Crippen LogP contribution in [0.2, 0.25) is 0 Å². The van der Waals surface area contributed by atoms with E-state index < -0.39 is 11.6 Å². The van der Waals surface area contributed by atoms with Crippen molar-refractivity contribution in [2.24, 2.45) is 22.7 Å². The zero-order valence-electron chi connectivity index (χ0n) is 22.7. The van der Waals surface area contributed by atoms with Gasteiger partial charge in [0.2, 0.25) is 0 Å². The van der Waals surface area contributed by atoms with Crippen LogP contribution in [0.4, 0.5) is 0 Å². The Labute approximate surface area is 207 Å². The van der Waals surface area contributed by atoms with Crippen molar-refractivity contribution < 1.29 is 19.8 Å². The van der Waals surface area contributed by atoms with Gasteiger partial charge in [-0.15, -0.1) is 0 Å². The standard InChI is InChI=1S/C30H48O4/c1-21(13-9-15-23(3)27(32)33)11-8-12-22(2)14-10-16-25-29(6)19-18-26(31)28(4,5)24(29)17-20-30(25,7)34/h11,14-15,24-25,34H,8-10,12-13,16-20H2,1-7H3,(H,32,33)/b21-11+,22-14+,23-15+/t24?,25-,29+,30+/m0/s1. The fourth-order valence-corrected chi connectivity index (χ4v) is 6.82. The number of carbonyl (C=O) groups excluding carboxylic acids is 1. The van der Waals surface area contributed by atoms with E-state index in [1.165, 1.54) is 11.1 Å². The summed E-state index contributed by atoms with van der Waals surface area (Å²) < 4.78 is 0. The van der Waals surface area contributed by atoms with Crippen molar-refractivity contribution >= 4 is 11.8 Å². The van der Waals surface area contributed by atoms with Gasteiger partial charge in [-0.3, -0.25) is 4.79 Å². The summed E-state index contributed by atoms with van der Waals surface area (Å²) in [7, 11) is 0. The van der Waals surface area contributed by atoms with Crippen molar-refractivity contribution in [1.29, 1.82) is 0 Å². The van der Waals surface area contributed by atoms with Crippen molar-refractivity contribution in [2.45, 2.75) is 118 Å². The minimum Gasteiger partial charge on any atom is -0.478 e. The Morgan fingerprint density at radius 3 is 2.09 bits per heavy atom. The van der Waals surface area contributed by atoms with E-state index in [0.29, 0.717) is 23.7 Å². The largest absolute Gasteiger partial charge is 0.478 e. The number of Topliss-reactive ketones (excluding diaryl/α,β-unsaturated/α-hetero) is 1. The molecule has 0 aromatic heterocycles. The first-order valence-electron chi connectivity index (χ1n) is 13.2. The molecule has 4 atom stereocenters. The highest BCUT2D eigenvalue weighted by Crippen LogP contribution is 2.62. The summed E-state index contributed by atoms with van der Waals surface area (Å²) in [6.07, 6.45) is 15.2. The first-order chi connectivity index (χ1) is 15.7. The third-order valence-corrected chi connectivity index (χ3v) is 9.07. The molecule has 1 unspecified atom stereocenters. The normalized spacial score (nSPS) is 32.5. The molecule has 2 fully saturated rings. The molecular formula is C30H48O4. The summed E-state index contributed by atoms with van der Waals surface area (Å²) in [5.41, 5.74) is 2.13. The lowest BCUT2D eigenvalue weighted by Crippen LogP contribution is -2.59. The Morgan fingerprint density at radius 1 is 0.941 bits per heavy atom. The number of aliphatic carboxylic acids is 1. The average molecular weight is 473 g/mol. The summed E-state index contributed by atoms with van der Waals surface area (Å²) in [6, 6.07) is 0. The van der Waals surface area contributed by atoms with Gasteiger partial charge in [0, 0.05) is 17.4 Å². The molecule has 0 radical (unpaired) electrons. The molecule has 34 heavy (non-hydrogen) atoms. The second-order valence-corrected chi connectivity index (χ2v) is 12.1. The monoisotopic (exact) mass is 472 g/mol. The maximum Gasteiger partial charge on any atom is 0.330 e. The Bertz CT molecular complexity index is 842. The van der Waals surface area contributed by atoms with E-state index in [4.69, 9.17) is 5.11 Å². The lowest BCUT2D eigenvalue weighted by Gasteiger charge is -2.60. The van der Waals surface area contributed by atoms with Gasteiger partial charge in [0.1, 0.15) is 5.78 Å². The molecule has 0 bridgehead atoms. The Balaban J connectivity index is 1.92. The topological polar surface area (TPSA) is 74.6 Å². The molecule has 2 rings (SSSR count). The van der Waals surface area contributed by atoms with Gasteiger partial charge in [0.15, 0.2) is 0 Å². The lowest BCUT2D eigenvalue weighted by atomic mass is 9.45. The van der Waals surface area contributed by atoms with Gasteiger partial charge in [-0.25, -0.2) is 4.79 Å². The zero-order valence-corrected chi connectivity index (χ0v) is 22.7. The van der Waals surface area contributed by atoms with Crippen LogP contribution >= 0.6 is 0 Å². The fourth-order valence-electron chi connectivity index (χ4n) is 6.82. The molecule has 0 amide bonds. The van der Waals surface area contributed by atoms with Gasteiger partial charge in [0.25, 0.3) is 0 Å². The predicted octanol–water partition coefficient (Wildman–Crippen LogP) is 7.42. The molecule has 0 spiro atoms. The molecule has 2 aliphatic carbocycles. The second-order valence-electron chi connectivity index (χ2n) is 12.1. The van der Waals surface area contributed by atoms with Gasteiger partial charge in [0.05, 0.1) is 5.60 Å². The van der Waals surface area contributed by atoms with Crippen LogP contribution in [0.1, 0.15) is 113 Å². The van der Waals surface area contributed by atoms with Crippen molar-refractivity contribution in [3.8, 4) is 0 Å². The number of aliphatic hydroxyl groups is 1. The number of hydrogen-bond acceptors (Lipinski definition) is 3. The molecule has 2 N–H and O–H groups in total. The third kappa shape index (κ3) is 6.71. The van der Waals surface area contributed by atoms with E-state index in [-0.39, 0.29) is 16.7 Å². The van der Waals surface area contributed by atoms with E-state index in [0.717, 1.165) is 57.8 Å². The number of rotatable bonds is 10. The lowest BCUT2D eigenvalue weighted by molar-refractivity contribution is -0.177. The van der Waals surface area contributed by atoms with Crippen molar-refractivity contribution in [2.75, 3.05) is 0 Å². The Kier molecular flexibility index (Phi) is 9.55. The molecule has 0 aromatic rings. The molecule has 4 heteroatoms. The van der Waals surface area contributed by atoms with Gasteiger partial charge in [-0.05, 0) is 103 Å². The van der Waals surface area contributed by atoms with E-state index >= 15 is 0 Å². The highest BCUT2D eigenvalue weighted by atomic mass is 16.4. The molecule has 0 aliphatic heterocycles. The summed E-state index contributed by atoms with van der Waals surface area (Å²) in [4.78, 5) is 23.5. The molecule has 0 heterocycles. The van der Waals surface area contributed by atoms with Crippen LogP contribution in [0.5, 0.6) is 0 Å². The molecule has 2 aliphatic rings. The number of fused-ring (bicyclic) bond motifs is 1.